The van der Waals surface area contributed by atoms with Gasteiger partial charge < -0.3 is 15.2 Å². The molecule has 3 atom stereocenters. The highest BCUT2D eigenvalue weighted by atomic mass is 16.5. The molecule has 3 nitrogen and oxygen atoms in total. The fourth-order valence-electron chi connectivity index (χ4n) is 2.46. The molecule has 0 aromatic heterocycles. The molecule has 1 aromatic rings. The number of aliphatic hydroxyl groups is 1. The second kappa shape index (κ2) is 5.52. The molecule has 1 aromatic carbocycles. The molecular formula is C14H21NO2. The molecule has 1 heterocycles. The minimum Gasteiger partial charge on any atom is -0.497 e. The molecule has 1 saturated heterocycles. The van der Waals surface area contributed by atoms with E-state index in [1.807, 2.05) is 24.3 Å². The molecule has 17 heavy (non-hydrogen) atoms. The number of nitrogens with one attached hydrogen (secondary N) is 1. The van der Waals surface area contributed by atoms with E-state index in [2.05, 4.69) is 12.2 Å². The van der Waals surface area contributed by atoms with Crippen LogP contribution in [0.1, 0.15) is 37.9 Å². The zero-order chi connectivity index (χ0) is 12.3. The molecule has 94 valence electrons. The van der Waals surface area contributed by atoms with Crippen molar-refractivity contribution in [1.82, 2.24) is 5.32 Å². The van der Waals surface area contributed by atoms with Crippen molar-refractivity contribution in [3.05, 3.63) is 29.8 Å². The third kappa shape index (κ3) is 2.99. The number of hydrogen-bond donors (Lipinski definition) is 2. The van der Waals surface area contributed by atoms with E-state index in [0.29, 0.717) is 6.04 Å². The summed E-state index contributed by atoms with van der Waals surface area (Å²) in [6, 6.07) is 8.33. The maximum atomic E-state index is 10.3. The molecule has 1 aliphatic rings. The van der Waals surface area contributed by atoms with Gasteiger partial charge in [0.05, 0.1) is 13.2 Å². The minimum atomic E-state index is -0.427. The lowest BCUT2D eigenvalue weighted by atomic mass is 9.92. The first-order valence-corrected chi connectivity index (χ1v) is 6.29. The maximum Gasteiger partial charge on any atom is 0.118 e. The average molecular weight is 235 g/mol. The van der Waals surface area contributed by atoms with Gasteiger partial charge in [-0.1, -0.05) is 18.6 Å². The minimum absolute atomic E-state index is 0.173. The predicted molar refractivity (Wildman–Crippen MR) is 68.2 cm³/mol. The normalized spacial score (nSPS) is 26.5. The number of benzene rings is 1. The Morgan fingerprint density at radius 3 is 2.59 bits per heavy atom. The van der Waals surface area contributed by atoms with Gasteiger partial charge in [-0.2, -0.15) is 0 Å². The third-order valence-corrected chi connectivity index (χ3v) is 3.49. The van der Waals surface area contributed by atoms with Crippen LogP contribution in [0.25, 0.3) is 0 Å². The number of rotatable bonds is 3. The van der Waals surface area contributed by atoms with Gasteiger partial charge in [0, 0.05) is 12.1 Å². The lowest BCUT2D eigenvalue weighted by Crippen LogP contribution is -2.44. The van der Waals surface area contributed by atoms with Gasteiger partial charge in [0.2, 0.25) is 0 Å². The van der Waals surface area contributed by atoms with E-state index < -0.39 is 6.10 Å². The average Bonchev–Trinajstić information content (AvgIpc) is 2.38. The summed E-state index contributed by atoms with van der Waals surface area (Å²) in [6.07, 6.45) is 3.00. The number of methoxy groups -OCH3 is 1. The summed E-state index contributed by atoms with van der Waals surface area (Å²) in [5, 5.41) is 13.8. The predicted octanol–water partition coefficient (Wildman–Crippen LogP) is 2.26. The fourth-order valence-corrected chi connectivity index (χ4v) is 2.46. The summed E-state index contributed by atoms with van der Waals surface area (Å²) >= 11 is 0. The van der Waals surface area contributed by atoms with Gasteiger partial charge in [-0.05, 0) is 37.5 Å². The van der Waals surface area contributed by atoms with Gasteiger partial charge in [0.15, 0.2) is 0 Å². The van der Waals surface area contributed by atoms with Crippen molar-refractivity contribution < 1.29 is 9.84 Å². The standard InChI is InChI=1S/C14H21NO2/c1-10-4-3-5-13(15-10)14(16)11-6-8-12(17-2)9-7-11/h6-10,13-16H,3-5H2,1-2H3/t10-,13+,14-/m1/s1. The number of ether oxygens (including phenoxy) is 1. The first kappa shape index (κ1) is 12.4. The van der Waals surface area contributed by atoms with Crippen LogP contribution in [0.3, 0.4) is 0 Å². The third-order valence-electron chi connectivity index (χ3n) is 3.49. The highest BCUT2D eigenvalue weighted by molar-refractivity contribution is 5.29. The molecule has 2 rings (SSSR count). The largest absolute Gasteiger partial charge is 0.497 e. The first-order valence-electron chi connectivity index (χ1n) is 6.29. The molecule has 0 unspecified atom stereocenters. The van der Waals surface area contributed by atoms with Crippen molar-refractivity contribution in [3.63, 3.8) is 0 Å². The lowest BCUT2D eigenvalue weighted by molar-refractivity contribution is 0.103. The van der Waals surface area contributed by atoms with Crippen molar-refractivity contribution in [2.75, 3.05) is 7.11 Å². The molecule has 1 aliphatic heterocycles. The second-order valence-electron chi connectivity index (χ2n) is 4.82. The molecule has 2 N–H and O–H groups in total. The topological polar surface area (TPSA) is 41.5 Å². The van der Waals surface area contributed by atoms with E-state index in [1.165, 1.54) is 12.8 Å². The van der Waals surface area contributed by atoms with Crippen LogP contribution in [-0.4, -0.2) is 24.3 Å². The van der Waals surface area contributed by atoms with Gasteiger partial charge in [0.1, 0.15) is 5.75 Å². The van der Waals surface area contributed by atoms with E-state index in [9.17, 15) is 5.11 Å². The van der Waals surface area contributed by atoms with Crippen molar-refractivity contribution in [3.8, 4) is 5.75 Å². The monoisotopic (exact) mass is 235 g/mol. The summed E-state index contributed by atoms with van der Waals surface area (Å²) in [6.45, 7) is 2.17. The molecule has 0 spiro atoms. The van der Waals surface area contributed by atoms with E-state index in [4.69, 9.17) is 4.74 Å². The van der Waals surface area contributed by atoms with Gasteiger partial charge in [0.25, 0.3) is 0 Å². The zero-order valence-electron chi connectivity index (χ0n) is 10.5. The summed E-state index contributed by atoms with van der Waals surface area (Å²) in [4.78, 5) is 0. The van der Waals surface area contributed by atoms with Crippen LogP contribution in [0.15, 0.2) is 24.3 Å². The smallest absolute Gasteiger partial charge is 0.118 e. The highest BCUT2D eigenvalue weighted by Crippen LogP contribution is 2.25. The Hall–Kier alpha value is -1.06. The van der Waals surface area contributed by atoms with Gasteiger partial charge in [-0.25, -0.2) is 0 Å². The molecule has 3 heteroatoms. The van der Waals surface area contributed by atoms with Crippen LogP contribution in [0.4, 0.5) is 0 Å². The van der Waals surface area contributed by atoms with Crippen molar-refractivity contribution in [2.45, 2.75) is 44.4 Å². The van der Waals surface area contributed by atoms with Crippen molar-refractivity contribution in [1.29, 1.82) is 0 Å². The van der Waals surface area contributed by atoms with Crippen LogP contribution in [-0.2, 0) is 0 Å². The number of piperidine rings is 1. The summed E-state index contributed by atoms with van der Waals surface area (Å²) in [5.74, 6) is 0.825. The number of aliphatic hydroxyl groups excluding tert-OH is 1. The molecule has 0 radical (unpaired) electrons. The molecule has 0 amide bonds. The van der Waals surface area contributed by atoms with Gasteiger partial charge >= 0.3 is 0 Å². The van der Waals surface area contributed by atoms with Gasteiger partial charge in [-0.3, -0.25) is 0 Å². The van der Waals surface area contributed by atoms with Crippen molar-refractivity contribution >= 4 is 0 Å². The molecule has 1 fully saturated rings. The maximum absolute atomic E-state index is 10.3. The second-order valence-corrected chi connectivity index (χ2v) is 4.82. The molecule has 0 aliphatic carbocycles. The van der Waals surface area contributed by atoms with E-state index in [1.54, 1.807) is 7.11 Å². The fraction of sp³-hybridized carbons (Fsp3) is 0.571. The Kier molecular flexibility index (Phi) is 4.02. The van der Waals surface area contributed by atoms with Crippen LogP contribution >= 0.6 is 0 Å². The quantitative estimate of drug-likeness (QED) is 0.844. The lowest BCUT2D eigenvalue weighted by Gasteiger charge is -2.32. The van der Waals surface area contributed by atoms with Crippen LogP contribution in [0.5, 0.6) is 5.75 Å². The van der Waals surface area contributed by atoms with Crippen LogP contribution < -0.4 is 10.1 Å². The van der Waals surface area contributed by atoms with Gasteiger partial charge in [-0.15, -0.1) is 0 Å². The Morgan fingerprint density at radius 2 is 2.00 bits per heavy atom. The summed E-state index contributed by atoms with van der Waals surface area (Å²) in [7, 11) is 1.65. The molecule has 0 bridgehead atoms. The number of hydrogen-bond acceptors (Lipinski definition) is 3. The van der Waals surface area contributed by atoms with E-state index in [0.717, 1.165) is 17.7 Å². The zero-order valence-corrected chi connectivity index (χ0v) is 10.5. The first-order chi connectivity index (χ1) is 8.20. The Balaban J connectivity index is 2.04. The van der Waals surface area contributed by atoms with Crippen LogP contribution in [0, 0.1) is 0 Å². The highest BCUT2D eigenvalue weighted by Gasteiger charge is 2.25. The molecule has 0 saturated carbocycles. The summed E-state index contributed by atoms with van der Waals surface area (Å²) in [5.41, 5.74) is 0.956. The Bertz CT molecular complexity index is 350. The van der Waals surface area contributed by atoms with E-state index >= 15 is 0 Å². The van der Waals surface area contributed by atoms with Crippen molar-refractivity contribution in [2.24, 2.45) is 0 Å². The summed E-state index contributed by atoms with van der Waals surface area (Å²) < 4.78 is 5.11. The Labute approximate surface area is 103 Å². The Morgan fingerprint density at radius 1 is 1.29 bits per heavy atom. The SMILES string of the molecule is COc1ccc([C@@H](O)[C@@H]2CCC[C@@H](C)N2)cc1. The van der Waals surface area contributed by atoms with Crippen LogP contribution in [0.2, 0.25) is 0 Å². The van der Waals surface area contributed by atoms with E-state index in [-0.39, 0.29) is 6.04 Å². The molecular weight excluding hydrogens is 214 g/mol.